The first kappa shape index (κ1) is 17.7. The third-order valence-corrected chi connectivity index (χ3v) is 4.30. The quantitative estimate of drug-likeness (QED) is 0.645. The van der Waals surface area contributed by atoms with Crippen molar-refractivity contribution >= 4 is 22.8 Å². The molecule has 3 rings (SSSR count). The number of carbonyl (C=O) groups excluding carboxylic acids is 2. The van der Waals surface area contributed by atoms with Gasteiger partial charge in [-0.05, 0) is 31.5 Å². The molecule has 0 aliphatic heterocycles. The molecule has 1 atom stereocenters. The lowest BCUT2D eigenvalue weighted by Gasteiger charge is -2.17. The topological polar surface area (TPSA) is 57.5 Å². The van der Waals surface area contributed by atoms with E-state index in [1.165, 1.54) is 17.9 Å². The fraction of sp³-hybridized carbons (Fsp3) is 0.238. The highest BCUT2D eigenvalue weighted by atomic mass is 16.5. The molecule has 0 unspecified atom stereocenters. The summed E-state index contributed by atoms with van der Waals surface area (Å²) in [6.07, 6.45) is 1.38. The number of esters is 1. The average Bonchev–Trinajstić information content (AvgIpc) is 3.06. The van der Waals surface area contributed by atoms with E-state index in [0.29, 0.717) is 28.6 Å². The van der Waals surface area contributed by atoms with Gasteiger partial charge >= 0.3 is 5.97 Å². The van der Waals surface area contributed by atoms with Crippen LogP contribution in [0.2, 0.25) is 0 Å². The zero-order chi connectivity index (χ0) is 18.7. The minimum Gasteiger partial charge on any atom is -0.481 e. The summed E-state index contributed by atoms with van der Waals surface area (Å²) in [5.74, 6) is -0.0554. The average molecular weight is 351 g/mol. The summed E-state index contributed by atoms with van der Waals surface area (Å²) in [6, 6.07) is 14.8. The van der Waals surface area contributed by atoms with Gasteiger partial charge < -0.3 is 9.47 Å². The molecule has 0 spiro atoms. The number of rotatable bonds is 5. The van der Waals surface area contributed by atoms with Gasteiger partial charge in [-0.3, -0.25) is 9.36 Å². The summed E-state index contributed by atoms with van der Waals surface area (Å²) < 4.78 is 12.2. The van der Waals surface area contributed by atoms with Crippen molar-refractivity contribution < 1.29 is 19.1 Å². The maximum absolute atomic E-state index is 13.1. The number of para-hydroxylation sites is 1. The van der Waals surface area contributed by atoms with E-state index in [1.54, 1.807) is 12.1 Å². The van der Waals surface area contributed by atoms with Crippen molar-refractivity contribution in [3.05, 3.63) is 65.9 Å². The van der Waals surface area contributed by atoms with Crippen LogP contribution in [-0.4, -0.2) is 29.7 Å². The SMILES string of the molecule is CC[C@H](Oc1ccc(C)cc1)C(=O)n1cc(C(=O)OC)c2ccccc21. The van der Waals surface area contributed by atoms with Gasteiger partial charge in [0.2, 0.25) is 0 Å². The Morgan fingerprint density at radius 3 is 2.42 bits per heavy atom. The second kappa shape index (κ2) is 7.44. The molecule has 2 aromatic carbocycles. The first-order chi connectivity index (χ1) is 12.5. The number of aromatic nitrogens is 1. The Morgan fingerprint density at radius 1 is 1.08 bits per heavy atom. The van der Waals surface area contributed by atoms with E-state index in [0.717, 1.165) is 5.56 Å². The van der Waals surface area contributed by atoms with E-state index in [1.807, 2.05) is 50.2 Å². The van der Waals surface area contributed by atoms with Gasteiger partial charge in [-0.2, -0.15) is 0 Å². The first-order valence-electron chi connectivity index (χ1n) is 8.51. The van der Waals surface area contributed by atoms with Gasteiger partial charge in [0.05, 0.1) is 18.2 Å². The highest BCUT2D eigenvalue weighted by Gasteiger charge is 2.25. The van der Waals surface area contributed by atoms with Gasteiger partial charge in [0.15, 0.2) is 6.10 Å². The van der Waals surface area contributed by atoms with E-state index in [9.17, 15) is 9.59 Å². The van der Waals surface area contributed by atoms with E-state index in [4.69, 9.17) is 9.47 Å². The van der Waals surface area contributed by atoms with Gasteiger partial charge in [0.25, 0.3) is 5.91 Å². The van der Waals surface area contributed by atoms with Crippen LogP contribution < -0.4 is 4.74 Å². The van der Waals surface area contributed by atoms with Gasteiger partial charge in [-0.25, -0.2) is 4.79 Å². The predicted molar refractivity (Wildman–Crippen MR) is 99.8 cm³/mol. The summed E-state index contributed by atoms with van der Waals surface area (Å²) in [7, 11) is 1.33. The third-order valence-electron chi connectivity index (χ3n) is 4.30. The lowest BCUT2D eigenvalue weighted by Crippen LogP contribution is -2.31. The number of carbonyl (C=O) groups is 2. The number of methoxy groups -OCH3 is 1. The monoisotopic (exact) mass is 351 g/mol. The molecule has 1 heterocycles. The van der Waals surface area contributed by atoms with Gasteiger partial charge in [0.1, 0.15) is 5.75 Å². The van der Waals surface area contributed by atoms with Crippen molar-refractivity contribution in [3.63, 3.8) is 0 Å². The minimum atomic E-state index is -0.654. The largest absolute Gasteiger partial charge is 0.481 e. The number of hydrogen-bond acceptors (Lipinski definition) is 4. The zero-order valence-electron chi connectivity index (χ0n) is 15.1. The van der Waals surface area contributed by atoms with Crippen molar-refractivity contribution in [3.8, 4) is 5.75 Å². The fourth-order valence-electron chi connectivity index (χ4n) is 2.88. The number of ether oxygens (including phenoxy) is 2. The highest BCUT2D eigenvalue weighted by Crippen LogP contribution is 2.24. The molecule has 0 N–H and O–H groups in total. The lowest BCUT2D eigenvalue weighted by molar-refractivity contribution is 0.0602. The van der Waals surface area contributed by atoms with Crippen molar-refractivity contribution in [2.75, 3.05) is 7.11 Å². The minimum absolute atomic E-state index is 0.223. The lowest BCUT2D eigenvalue weighted by atomic mass is 10.2. The Balaban J connectivity index is 1.97. The molecule has 0 saturated carbocycles. The summed E-state index contributed by atoms with van der Waals surface area (Å²) >= 11 is 0. The van der Waals surface area contributed by atoms with Crippen LogP contribution in [0.1, 0.15) is 34.1 Å². The van der Waals surface area contributed by atoms with Crippen molar-refractivity contribution in [1.82, 2.24) is 4.57 Å². The molecule has 0 amide bonds. The van der Waals surface area contributed by atoms with Crippen molar-refractivity contribution in [1.29, 1.82) is 0 Å². The second-order valence-corrected chi connectivity index (χ2v) is 6.09. The summed E-state index contributed by atoms with van der Waals surface area (Å²) in [5, 5.41) is 0.679. The van der Waals surface area contributed by atoms with Crippen molar-refractivity contribution in [2.45, 2.75) is 26.4 Å². The number of hydrogen-bond donors (Lipinski definition) is 0. The van der Waals surface area contributed by atoms with Crippen LogP contribution >= 0.6 is 0 Å². The third kappa shape index (κ3) is 3.33. The molecule has 0 fully saturated rings. The van der Waals surface area contributed by atoms with Gasteiger partial charge in [-0.1, -0.05) is 42.8 Å². The van der Waals surface area contributed by atoms with Crippen LogP contribution in [0.25, 0.3) is 10.9 Å². The van der Waals surface area contributed by atoms with E-state index < -0.39 is 12.1 Å². The predicted octanol–water partition coefficient (Wildman–Crippen LogP) is 4.23. The van der Waals surface area contributed by atoms with Crippen LogP contribution in [0, 0.1) is 6.92 Å². The molecular formula is C21H21NO4. The Bertz CT molecular complexity index is 940. The van der Waals surface area contributed by atoms with Gasteiger partial charge in [0, 0.05) is 11.6 Å². The summed E-state index contributed by atoms with van der Waals surface area (Å²) in [5.41, 5.74) is 2.14. The zero-order valence-corrected chi connectivity index (χ0v) is 15.1. The van der Waals surface area contributed by atoms with Crippen molar-refractivity contribution in [2.24, 2.45) is 0 Å². The normalized spacial score (nSPS) is 12.0. The second-order valence-electron chi connectivity index (χ2n) is 6.09. The molecule has 0 aliphatic carbocycles. The van der Waals surface area contributed by atoms with E-state index in [-0.39, 0.29) is 5.91 Å². The maximum atomic E-state index is 13.1. The molecule has 5 nitrogen and oxygen atoms in total. The fourth-order valence-corrected chi connectivity index (χ4v) is 2.88. The van der Waals surface area contributed by atoms with E-state index >= 15 is 0 Å². The molecular weight excluding hydrogens is 330 g/mol. The molecule has 26 heavy (non-hydrogen) atoms. The highest BCUT2D eigenvalue weighted by molar-refractivity contribution is 6.07. The van der Waals surface area contributed by atoms with E-state index in [2.05, 4.69) is 0 Å². The Morgan fingerprint density at radius 2 is 1.77 bits per heavy atom. The standard InChI is InChI=1S/C21H21NO4/c1-4-19(26-15-11-9-14(2)10-12-15)20(23)22-13-17(21(24)25-3)16-7-5-6-8-18(16)22/h5-13,19H,4H2,1-3H3/t19-/m0/s1. The van der Waals surface area contributed by atoms with Crippen LogP contribution in [0.3, 0.4) is 0 Å². The molecule has 3 aromatic rings. The number of benzene rings is 2. The summed E-state index contributed by atoms with van der Waals surface area (Å²) in [6.45, 7) is 3.89. The molecule has 0 aliphatic rings. The smallest absolute Gasteiger partial charge is 0.340 e. The van der Waals surface area contributed by atoms with Crippen LogP contribution in [0.15, 0.2) is 54.7 Å². The van der Waals surface area contributed by atoms with Crippen LogP contribution in [-0.2, 0) is 4.74 Å². The first-order valence-corrected chi connectivity index (χ1v) is 8.51. The molecule has 0 bridgehead atoms. The van der Waals surface area contributed by atoms with Crippen LogP contribution in [0.4, 0.5) is 0 Å². The number of fused-ring (bicyclic) bond motifs is 1. The molecule has 0 radical (unpaired) electrons. The Hall–Kier alpha value is -3.08. The number of nitrogens with zero attached hydrogens (tertiary/aromatic N) is 1. The van der Waals surface area contributed by atoms with Gasteiger partial charge in [-0.15, -0.1) is 0 Å². The molecule has 134 valence electrons. The Labute approximate surface area is 152 Å². The summed E-state index contributed by atoms with van der Waals surface area (Å²) in [4.78, 5) is 25.1. The molecule has 1 aromatic heterocycles. The Kier molecular flexibility index (Phi) is 5.07. The molecule has 5 heteroatoms. The maximum Gasteiger partial charge on any atom is 0.340 e. The number of aryl methyl sites for hydroxylation is 1. The van der Waals surface area contributed by atoms with Crippen LogP contribution in [0.5, 0.6) is 5.75 Å². The molecule has 0 saturated heterocycles.